The first-order valence-corrected chi connectivity index (χ1v) is 19.2. The highest BCUT2D eigenvalue weighted by Gasteiger charge is 2.20. The second-order valence-corrected chi connectivity index (χ2v) is 13.9. The average Bonchev–Trinajstić information content (AvgIpc) is 4.03. The molecule has 4 heterocycles. The van der Waals surface area contributed by atoms with Gasteiger partial charge in [-0.15, -0.1) is 15.3 Å². The van der Waals surface area contributed by atoms with Gasteiger partial charge in [-0.2, -0.15) is 0 Å². The van der Waals surface area contributed by atoms with E-state index >= 15 is 0 Å². The first-order chi connectivity index (χ1) is 28.1. The Labute approximate surface area is 327 Å². The number of hydrogen-bond donors (Lipinski definition) is 0. The van der Waals surface area contributed by atoms with E-state index in [0.29, 0.717) is 17.5 Å². The van der Waals surface area contributed by atoms with E-state index in [4.69, 9.17) is 15.0 Å². The number of fused-ring (bicyclic) bond motifs is 3. The predicted molar refractivity (Wildman–Crippen MR) is 222 cm³/mol. The molecule has 6 aromatic carbocycles. The van der Waals surface area contributed by atoms with E-state index in [0.717, 1.165) is 103 Å². The summed E-state index contributed by atoms with van der Waals surface area (Å²) in [5.41, 5.74) is 14.2. The van der Waals surface area contributed by atoms with Gasteiger partial charge in [-0.1, -0.05) is 72.8 Å². The monoisotopic (exact) mass is 744 g/mol. The van der Waals surface area contributed by atoms with Crippen molar-refractivity contribution in [2.24, 2.45) is 0 Å². The van der Waals surface area contributed by atoms with E-state index in [2.05, 4.69) is 106 Å². The van der Waals surface area contributed by atoms with Gasteiger partial charge in [-0.05, 0) is 127 Å². The van der Waals surface area contributed by atoms with Gasteiger partial charge in [0.15, 0.2) is 17.5 Å². The number of para-hydroxylation sites is 3. The topological polar surface area (TPSA) is 131 Å². The van der Waals surface area contributed by atoms with Gasteiger partial charge in [-0.25, -0.2) is 29.0 Å². The van der Waals surface area contributed by atoms with Crippen molar-refractivity contribution in [1.82, 2.24) is 59.9 Å². The van der Waals surface area contributed by atoms with Crippen LogP contribution >= 0.6 is 0 Å². The number of benzene rings is 6. The number of hydrogen-bond acceptors (Lipinski definition) is 9. The van der Waals surface area contributed by atoms with Gasteiger partial charge in [0, 0.05) is 16.7 Å². The van der Waals surface area contributed by atoms with Crippen LogP contribution in [-0.4, -0.2) is 59.9 Å². The Morgan fingerprint density at radius 3 is 1.33 bits per heavy atom. The Balaban J connectivity index is 1.13. The number of aryl methyl sites for hydroxylation is 3. The number of aromatic nitrogens is 12. The minimum Gasteiger partial charge on any atom is -0.213 e. The van der Waals surface area contributed by atoms with E-state index < -0.39 is 0 Å². The van der Waals surface area contributed by atoms with Crippen molar-refractivity contribution in [2.45, 2.75) is 40.0 Å². The molecule has 0 aliphatic rings. The van der Waals surface area contributed by atoms with Crippen molar-refractivity contribution in [1.29, 1.82) is 0 Å². The molecule has 0 saturated carbocycles. The fourth-order valence-corrected chi connectivity index (χ4v) is 7.57. The highest BCUT2D eigenvalue weighted by Crippen LogP contribution is 2.33. The van der Waals surface area contributed by atoms with Crippen molar-refractivity contribution in [3.05, 3.63) is 144 Å². The molecule has 4 aromatic heterocycles. The molecule has 12 nitrogen and oxygen atoms in total. The summed E-state index contributed by atoms with van der Waals surface area (Å²) in [5.74, 6) is 1.78. The van der Waals surface area contributed by atoms with Gasteiger partial charge in [0.1, 0.15) is 16.6 Å². The maximum atomic E-state index is 5.22. The maximum absolute atomic E-state index is 5.22. The largest absolute Gasteiger partial charge is 0.213 e. The second kappa shape index (κ2) is 14.0. The fourth-order valence-electron chi connectivity index (χ4n) is 7.57. The minimum absolute atomic E-state index is 0.585. The zero-order valence-corrected chi connectivity index (χ0v) is 31.6. The molecule has 0 spiro atoms. The van der Waals surface area contributed by atoms with Crippen molar-refractivity contribution >= 4 is 33.1 Å². The normalized spacial score (nSPS) is 11.6. The van der Waals surface area contributed by atoms with E-state index in [1.165, 1.54) is 0 Å². The zero-order valence-electron chi connectivity index (χ0n) is 31.6. The lowest BCUT2D eigenvalue weighted by Crippen LogP contribution is -2.06. The number of rotatable bonds is 9. The van der Waals surface area contributed by atoms with E-state index in [9.17, 15) is 0 Å². The van der Waals surface area contributed by atoms with Gasteiger partial charge in [0.05, 0.1) is 33.6 Å². The predicted octanol–water partition coefficient (Wildman–Crippen LogP) is 8.76. The average molecular weight is 745 g/mol. The summed E-state index contributed by atoms with van der Waals surface area (Å²) >= 11 is 0. The van der Waals surface area contributed by atoms with Crippen LogP contribution in [0.5, 0.6) is 0 Å². The quantitative estimate of drug-likeness (QED) is 0.142. The van der Waals surface area contributed by atoms with Gasteiger partial charge in [0.25, 0.3) is 0 Å². The van der Waals surface area contributed by atoms with Crippen LogP contribution in [0, 0.1) is 0 Å². The summed E-state index contributed by atoms with van der Waals surface area (Å²) in [5, 5.41) is 26.7. The van der Waals surface area contributed by atoms with Crippen LogP contribution in [0.1, 0.15) is 37.5 Å². The SMILES string of the molecule is CCc1cc(-n2nnc3ccccc32)ccc1-c1nc(-c2ccc(-n3nnc4ccccc43)c(CC)c2)nc(-c2ccc(-n3nnc4ccccc43)cc2CC)n1. The summed E-state index contributed by atoms with van der Waals surface area (Å²) in [7, 11) is 0. The van der Waals surface area contributed by atoms with Gasteiger partial charge in [-0.3, -0.25) is 0 Å². The minimum atomic E-state index is 0.585. The summed E-state index contributed by atoms with van der Waals surface area (Å²) in [6.07, 6.45) is 2.29. The molecular weight excluding hydrogens is 709 g/mol. The summed E-state index contributed by atoms with van der Waals surface area (Å²) in [6, 6.07) is 42.8. The summed E-state index contributed by atoms with van der Waals surface area (Å²) in [4.78, 5) is 15.6. The third kappa shape index (κ3) is 5.89. The lowest BCUT2D eigenvalue weighted by molar-refractivity contribution is 0.813. The molecule has 0 fully saturated rings. The highest BCUT2D eigenvalue weighted by atomic mass is 15.4. The molecule has 0 aliphatic carbocycles. The maximum Gasteiger partial charge on any atom is 0.164 e. The zero-order chi connectivity index (χ0) is 38.5. The van der Waals surface area contributed by atoms with Crippen molar-refractivity contribution in [3.63, 3.8) is 0 Å². The van der Waals surface area contributed by atoms with E-state index in [1.807, 2.05) is 86.8 Å². The summed E-state index contributed by atoms with van der Waals surface area (Å²) < 4.78 is 5.66. The van der Waals surface area contributed by atoms with Crippen LogP contribution in [0.3, 0.4) is 0 Å². The van der Waals surface area contributed by atoms with E-state index in [1.54, 1.807) is 0 Å². The smallest absolute Gasteiger partial charge is 0.164 e. The first kappa shape index (κ1) is 34.1. The Morgan fingerprint density at radius 2 is 0.842 bits per heavy atom. The molecular formula is C45H36N12. The fraction of sp³-hybridized carbons (Fsp3) is 0.133. The third-order valence-corrected chi connectivity index (χ3v) is 10.5. The molecule has 10 aromatic rings. The lowest BCUT2D eigenvalue weighted by atomic mass is 10.0. The molecule has 0 amide bonds. The highest BCUT2D eigenvalue weighted by molar-refractivity contribution is 5.79. The van der Waals surface area contributed by atoms with Crippen LogP contribution in [0.2, 0.25) is 0 Å². The second-order valence-electron chi connectivity index (χ2n) is 13.9. The standard InChI is InChI=1S/C45H36N12/c1-4-28-26-32(55-40-16-10-7-13-36(40)49-52-55)20-22-34(28)44-46-43(31-19-24-39(30(6-3)25-31)57-42-18-12-9-15-38(42)51-54-57)47-45(48-44)35-23-21-33(27-29(35)5-2)56-41-17-11-8-14-37(41)50-53-56/h7-27H,4-6H2,1-3H3. The molecule has 10 rings (SSSR count). The van der Waals surface area contributed by atoms with Crippen LogP contribution < -0.4 is 0 Å². The Kier molecular flexibility index (Phi) is 8.36. The van der Waals surface area contributed by atoms with Crippen molar-refractivity contribution in [3.8, 4) is 51.2 Å². The van der Waals surface area contributed by atoms with Crippen LogP contribution in [0.4, 0.5) is 0 Å². The molecule has 0 aliphatic heterocycles. The van der Waals surface area contributed by atoms with E-state index in [-0.39, 0.29) is 0 Å². The van der Waals surface area contributed by atoms with Gasteiger partial charge in [0.2, 0.25) is 0 Å². The Bertz CT molecular complexity index is 2980. The van der Waals surface area contributed by atoms with Gasteiger partial charge < -0.3 is 0 Å². The number of nitrogens with zero attached hydrogens (tertiary/aromatic N) is 12. The molecule has 0 saturated heterocycles. The third-order valence-electron chi connectivity index (χ3n) is 10.5. The van der Waals surface area contributed by atoms with Gasteiger partial charge >= 0.3 is 0 Å². The molecule has 0 radical (unpaired) electrons. The molecule has 0 atom stereocenters. The van der Waals surface area contributed by atoms with Crippen LogP contribution in [0.25, 0.3) is 84.3 Å². The van der Waals surface area contributed by atoms with Crippen LogP contribution in [0.15, 0.2) is 127 Å². The lowest BCUT2D eigenvalue weighted by Gasteiger charge is -2.15. The Hall–Kier alpha value is -7.47. The molecule has 57 heavy (non-hydrogen) atoms. The molecule has 12 heteroatoms. The Morgan fingerprint density at radius 1 is 0.404 bits per heavy atom. The van der Waals surface area contributed by atoms with Crippen molar-refractivity contribution in [2.75, 3.05) is 0 Å². The summed E-state index contributed by atoms with van der Waals surface area (Å²) in [6.45, 7) is 6.44. The molecule has 0 bridgehead atoms. The van der Waals surface area contributed by atoms with Crippen LogP contribution in [-0.2, 0) is 19.3 Å². The van der Waals surface area contributed by atoms with Crippen molar-refractivity contribution < 1.29 is 0 Å². The molecule has 0 N–H and O–H groups in total. The molecule has 276 valence electrons. The first-order valence-electron chi connectivity index (χ1n) is 19.2. The molecule has 0 unspecified atom stereocenters.